The lowest BCUT2D eigenvalue weighted by Gasteiger charge is -2.32. The van der Waals surface area contributed by atoms with Crippen molar-refractivity contribution in [1.29, 1.82) is 0 Å². The molecule has 2 aromatic carbocycles. The zero-order valence-corrected chi connectivity index (χ0v) is 19.4. The quantitative estimate of drug-likeness (QED) is 0.616. The van der Waals surface area contributed by atoms with Gasteiger partial charge in [-0.3, -0.25) is 14.3 Å². The van der Waals surface area contributed by atoms with Crippen LogP contribution in [0.3, 0.4) is 0 Å². The molecule has 1 aliphatic carbocycles. The Balaban J connectivity index is 1.37. The molecule has 2 amide bonds. The van der Waals surface area contributed by atoms with Crippen LogP contribution in [-0.4, -0.2) is 50.9 Å². The number of nitrogens with zero attached hydrogens (tertiary/aromatic N) is 1. The fraction of sp³-hybridized carbons (Fsp3) is 0.417. The van der Waals surface area contributed by atoms with Gasteiger partial charge in [-0.25, -0.2) is 8.42 Å². The molecule has 2 aliphatic rings. The highest BCUT2D eigenvalue weighted by Gasteiger charge is 2.32. The summed E-state index contributed by atoms with van der Waals surface area (Å²) >= 11 is 0. The van der Waals surface area contributed by atoms with Crippen molar-refractivity contribution in [1.82, 2.24) is 10.2 Å². The van der Waals surface area contributed by atoms with Gasteiger partial charge in [0.1, 0.15) is 5.75 Å². The largest absolute Gasteiger partial charge is 0.494 e. The van der Waals surface area contributed by atoms with Crippen LogP contribution in [0, 0.1) is 5.92 Å². The van der Waals surface area contributed by atoms with E-state index in [0.717, 1.165) is 25.7 Å². The van der Waals surface area contributed by atoms with E-state index in [2.05, 4.69) is 10.0 Å². The Morgan fingerprint density at radius 1 is 1.03 bits per heavy atom. The summed E-state index contributed by atoms with van der Waals surface area (Å²) in [5, 5.41) is 3.03. The molecule has 0 radical (unpaired) electrons. The number of sulfonamides is 1. The number of rotatable bonds is 8. The number of carbonyl (C=O) groups is 2. The van der Waals surface area contributed by atoms with Crippen LogP contribution >= 0.6 is 0 Å². The van der Waals surface area contributed by atoms with Crippen LogP contribution in [0.1, 0.15) is 43.0 Å². The first-order valence-electron chi connectivity index (χ1n) is 11.3. The summed E-state index contributed by atoms with van der Waals surface area (Å²) in [6.07, 6.45) is 3.65. The second-order valence-corrected chi connectivity index (χ2v) is 10.1. The average Bonchev–Trinajstić information content (AvgIpc) is 3.63. The maximum Gasteiger partial charge on any atom is 0.261 e. The molecule has 1 heterocycles. The molecule has 1 saturated carbocycles. The summed E-state index contributed by atoms with van der Waals surface area (Å²) < 4.78 is 33.2. The monoisotopic (exact) mass is 471 g/mol. The van der Waals surface area contributed by atoms with Gasteiger partial charge < -0.3 is 15.0 Å². The minimum absolute atomic E-state index is 0.0362. The Labute approximate surface area is 194 Å². The van der Waals surface area contributed by atoms with Crippen molar-refractivity contribution < 1.29 is 22.7 Å². The molecule has 1 aliphatic heterocycles. The molecule has 1 atom stereocenters. The van der Waals surface area contributed by atoms with E-state index < -0.39 is 10.0 Å². The molecule has 2 fully saturated rings. The van der Waals surface area contributed by atoms with Gasteiger partial charge in [-0.05, 0) is 81.1 Å². The molecular weight excluding hydrogens is 442 g/mol. The highest BCUT2D eigenvalue weighted by Crippen LogP contribution is 2.24. The first-order valence-corrected chi connectivity index (χ1v) is 12.8. The number of benzene rings is 2. The fourth-order valence-corrected chi connectivity index (χ4v) is 4.94. The summed E-state index contributed by atoms with van der Waals surface area (Å²) in [5.74, 6) is 0.307. The van der Waals surface area contributed by atoms with E-state index in [0.29, 0.717) is 42.7 Å². The van der Waals surface area contributed by atoms with Crippen LogP contribution in [0.5, 0.6) is 5.75 Å². The predicted molar refractivity (Wildman–Crippen MR) is 125 cm³/mol. The van der Waals surface area contributed by atoms with Crippen LogP contribution in [0.15, 0.2) is 53.4 Å². The number of ether oxygens (including phenoxy) is 1. The van der Waals surface area contributed by atoms with Crippen LogP contribution in [-0.2, 0) is 14.8 Å². The Morgan fingerprint density at radius 2 is 1.73 bits per heavy atom. The van der Waals surface area contributed by atoms with Gasteiger partial charge in [-0.1, -0.05) is 0 Å². The van der Waals surface area contributed by atoms with Gasteiger partial charge in [-0.2, -0.15) is 0 Å². The average molecular weight is 472 g/mol. The van der Waals surface area contributed by atoms with Crippen LogP contribution in [0.25, 0.3) is 0 Å². The number of likely N-dealkylation sites (tertiary alicyclic amines) is 1. The lowest BCUT2D eigenvalue weighted by atomic mass is 9.96. The van der Waals surface area contributed by atoms with Gasteiger partial charge >= 0.3 is 0 Å². The highest BCUT2D eigenvalue weighted by molar-refractivity contribution is 7.92. The number of amides is 2. The molecule has 1 saturated heterocycles. The number of anilines is 1. The zero-order valence-electron chi connectivity index (χ0n) is 18.6. The van der Waals surface area contributed by atoms with Crippen LogP contribution < -0.4 is 14.8 Å². The van der Waals surface area contributed by atoms with Crippen molar-refractivity contribution in [2.75, 3.05) is 24.4 Å². The SMILES string of the molecule is CCOc1ccc(S(=O)(=O)Nc2ccc(C(=O)N3CCCC(C(=O)NC4CC4)C3)cc2)cc1. The number of carbonyl (C=O) groups excluding carboxylic acids is 2. The molecule has 33 heavy (non-hydrogen) atoms. The highest BCUT2D eigenvalue weighted by atomic mass is 32.2. The Morgan fingerprint density at radius 3 is 2.36 bits per heavy atom. The van der Waals surface area contributed by atoms with Crippen molar-refractivity contribution in [2.45, 2.75) is 43.5 Å². The van der Waals surface area contributed by atoms with Gasteiger partial charge in [0.2, 0.25) is 5.91 Å². The van der Waals surface area contributed by atoms with Crippen LogP contribution in [0.4, 0.5) is 5.69 Å². The first-order chi connectivity index (χ1) is 15.9. The van der Waals surface area contributed by atoms with E-state index in [1.165, 1.54) is 12.1 Å². The summed E-state index contributed by atoms with van der Waals surface area (Å²) in [6, 6.07) is 12.8. The number of piperidine rings is 1. The van der Waals surface area contributed by atoms with Crippen molar-refractivity contribution in [2.24, 2.45) is 5.92 Å². The van der Waals surface area contributed by atoms with Gasteiger partial charge in [0.05, 0.1) is 17.4 Å². The molecule has 1 unspecified atom stereocenters. The Bertz CT molecular complexity index is 1100. The van der Waals surface area contributed by atoms with Gasteiger partial charge in [0, 0.05) is 30.4 Å². The molecule has 4 rings (SSSR count). The van der Waals surface area contributed by atoms with Crippen molar-refractivity contribution in [3.05, 3.63) is 54.1 Å². The Hall–Kier alpha value is -3.07. The Kier molecular flexibility index (Phi) is 6.88. The number of nitrogens with one attached hydrogen (secondary N) is 2. The van der Waals surface area contributed by atoms with Gasteiger partial charge in [0.15, 0.2) is 0 Å². The maximum absolute atomic E-state index is 12.9. The third-order valence-corrected chi connectivity index (χ3v) is 7.23. The zero-order chi connectivity index (χ0) is 23.4. The van der Waals surface area contributed by atoms with E-state index in [9.17, 15) is 18.0 Å². The second kappa shape index (κ2) is 9.82. The summed E-state index contributed by atoms with van der Waals surface area (Å²) in [4.78, 5) is 27.2. The van der Waals surface area contributed by atoms with Crippen molar-refractivity contribution in [3.63, 3.8) is 0 Å². The van der Waals surface area contributed by atoms with E-state index in [1.807, 2.05) is 6.92 Å². The summed E-state index contributed by atoms with van der Waals surface area (Å²) in [6.45, 7) is 3.37. The second-order valence-electron chi connectivity index (χ2n) is 8.46. The van der Waals surface area contributed by atoms with Gasteiger partial charge in [-0.15, -0.1) is 0 Å². The van der Waals surface area contributed by atoms with E-state index >= 15 is 0 Å². The number of hydrogen-bond donors (Lipinski definition) is 2. The molecule has 9 heteroatoms. The third-order valence-electron chi connectivity index (χ3n) is 5.83. The fourth-order valence-electron chi connectivity index (χ4n) is 3.88. The maximum atomic E-state index is 12.9. The minimum atomic E-state index is -3.77. The van der Waals surface area contributed by atoms with Crippen molar-refractivity contribution >= 4 is 27.5 Å². The first kappa shape index (κ1) is 23.1. The molecular formula is C24H29N3O5S. The molecule has 2 aromatic rings. The molecule has 2 N–H and O–H groups in total. The van der Waals surface area contributed by atoms with E-state index in [-0.39, 0.29) is 22.6 Å². The normalized spacial score (nSPS) is 18.5. The summed E-state index contributed by atoms with van der Waals surface area (Å²) in [7, 11) is -3.77. The lowest BCUT2D eigenvalue weighted by Crippen LogP contribution is -2.45. The molecule has 0 bridgehead atoms. The predicted octanol–water partition coefficient (Wildman–Crippen LogP) is 3.02. The standard InChI is InChI=1S/C24H29N3O5S/c1-2-32-21-11-13-22(14-12-21)33(30,31)26-20-7-5-17(6-8-20)24(29)27-15-3-4-18(16-27)23(28)25-19-9-10-19/h5-8,11-14,18-19,26H,2-4,9-10,15-16H2,1H3,(H,25,28). The topological polar surface area (TPSA) is 105 Å². The van der Waals surface area contributed by atoms with E-state index in [4.69, 9.17) is 4.74 Å². The third kappa shape index (κ3) is 5.84. The molecule has 0 aromatic heterocycles. The molecule has 0 spiro atoms. The minimum Gasteiger partial charge on any atom is -0.494 e. The molecule has 176 valence electrons. The smallest absolute Gasteiger partial charge is 0.261 e. The van der Waals surface area contributed by atoms with Crippen LogP contribution in [0.2, 0.25) is 0 Å². The lowest BCUT2D eigenvalue weighted by molar-refractivity contribution is -0.126. The molecule has 8 nitrogen and oxygen atoms in total. The van der Waals surface area contributed by atoms with Crippen molar-refractivity contribution in [3.8, 4) is 5.75 Å². The summed E-state index contributed by atoms with van der Waals surface area (Å²) in [5.41, 5.74) is 0.822. The number of hydrogen-bond acceptors (Lipinski definition) is 5. The van der Waals surface area contributed by atoms with Gasteiger partial charge in [0.25, 0.3) is 15.9 Å². The van der Waals surface area contributed by atoms with E-state index in [1.54, 1.807) is 41.3 Å².